The van der Waals surface area contributed by atoms with Gasteiger partial charge in [-0.2, -0.15) is 5.10 Å². The maximum atomic E-state index is 12.9. The van der Waals surface area contributed by atoms with E-state index in [1.807, 2.05) is 37.3 Å². The Labute approximate surface area is 133 Å². The lowest BCUT2D eigenvalue weighted by Gasteiger charge is -2.13. The summed E-state index contributed by atoms with van der Waals surface area (Å²) in [6, 6.07) is 17.2. The molecule has 23 heavy (non-hydrogen) atoms. The van der Waals surface area contributed by atoms with E-state index < -0.39 is 0 Å². The summed E-state index contributed by atoms with van der Waals surface area (Å²) in [7, 11) is 0. The van der Waals surface area contributed by atoms with Gasteiger partial charge >= 0.3 is 0 Å². The molecular formula is C18H16FN3O. The maximum absolute atomic E-state index is 12.9. The molecule has 0 bridgehead atoms. The standard InChI is InChI=1S/C18H16FN3O/c1-12(13-5-3-2-4-6-13)20-18(23)17-11-16(21-22-17)14-7-9-15(19)10-8-14/h2-12H,1H3,(H,20,23)(H,21,22)/t12-/m1/s1. The topological polar surface area (TPSA) is 57.8 Å². The van der Waals surface area contributed by atoms with E-state index in [1.54, 1.807) is 18.2 Å². The fourth-order valence-corrected chi connectivity index (χ4v) is 2.31. The summed E-state index contributed by atoms with van der Waals surface area (Å²) in [4.78, 5) is 12.3. The highest BCUT2D eigenvalue weighted by Crippen LogP contribution is 2.18. The molecule has 0 aliphatic carbocycles. The van der Waals surface area contributed by atoms with Gasteiger partial charge in [-0.05, 0) is 42.8 Å². The van der Waals surface area contributed by atoms with Crippen molar-refractivity contribution in [2.45, 2.75) is 13.0 Å². The number of aromatic amines is 1. The number of nitrogens with zero attached hydrogens (tertiary/aromatic N) is 1. The maximum Gasteiger partial charge on any atom is 0.269 e. The minimum absolute atomic E-state index is 0.110. The fraction of sp³-hybridized carbons (Fsp3) is 0.111. The van der Waals surface area contributed by atoms with Crippen molar-refractivity contribution in [3.8, 4) is 11.3 Å². The molecule has 0 spiro atoms. The van der Waals surface area contributed by atoms with Crippen molar-refractivity contribution in [3.63, 3.8) is 0 Å². The van der Waals surface area contributed by atoms with Crippen LogP contribution in [-0.4, -0.2) is 16.1 Å². The van der Waals surface area contributed by atoms with Gasteiger partial charge in [-0.3, -0.25) is 9.89 Å². The van der Waals surface area contributed by atoms with Crippen LogP contribution >= 0.6 is 0 Å². The van der Waals surface area contributed by atoms with Crippen molar-refractivity contribution >= 4 is 5.91 Å². The van der Waals surface area contributed by atoms with E-state index in [-0.39, 0.29) is 17.8 Å². The molecule has 1 atom stereocenters. The number of H-pyrrole nitrogens is 1. The average molecular weight is 309 g/mol. The molecule has 0 saturated carbocycles. The molecular weight excluding hydrogens is 293 g/mol. The Morgan fingerprint density at radius 2 is 1.83 bits per heavy atom. The molecule has 1 amide bonds. The lowest BCUT2D eigenvalue weighted by molar-refractivity contribution is 0.0935. The Balaban J connectivity index is 1.72. The average Bonchev–Trinajstić information content (AvgIpc) is 3.06. The van der Waals surface area contributed by atoms with Crippen LogP contribution in [0.4, 0.5) is 4.39 Å². The van der Waals surface area contributed by atoms with E-state index in [9.17, 15) is 9.18 Å². The molecule has 0 fully saturated rings. The lowest BCUT2D eigenvalue weighted by atomic mass is 10.1. The van der Waals surface area contributed by atoms with Crippen LogP contribution in [0.5, 0.6) is 0 Å². The van der Waals surface area contributed by atoms with Crippen molar-refractivity contribution in [1.82, 2.24) is 15.5 Å². The van der Waals surface area contributed by atoms with Crippen molar-refractivity contribution in [1.29, 1.82) is 0 Å². The normalized spacial score (nSPS) is 11.9. The molecule has 1 heterocycles. The van der Waals surface area contributed by atoms with Gasteiger partial charge in [0.2, 0.25) is 0 Å². The molecule has 5 heteroatoms. The van der Waals surface area contributed by atoms with Crippen LogP contribution in [0.15, 0.2) is 60.7 Å². The van der Waals surface area contributed by atoms with Gasteiger partial charge in [0.05, 0.1) is 11.7 Å². The van der Waals surface area contributed by atoms with E-state index in [1.165, 1.54) is 12.1 Å². The molecule has 3 aromatic rings. The van der Waals surface area contributed by atoms with Crippen LogP contribution < -0.4 is 5.32 Å². The molecule has 3 rings (SSSR count). The smallest absolute Gasteiger partial charge is 0.269 e. The quantitative estimate of drug-likeness (QED) is 0.772. The summed E-state index contributed by atoms with van der Waals surface area (Å²) in [5.74, 6) is -0.541. The minimum Gasteiger partial charge on any atom is -0.344 e. The van der Waals surface area contributed by atoms with Crippen LogP contribution in [-0.2, 0) is 0 Å². The largest absolute Gasteiger partial charge is 0.344 e. The second-order valence-electron chi connectivity index (χ2n) is 5.28. The van der Waals surface area contributed by atoms with Gasteiger partial charge in [-0.15, -0.1) is 0 Å². The minimum atomic E-state index is -0.307. The van der Waals surface area contributed by atoms with Gasteiger partial charge < -0.3 is 5.32 Å². The first-order valence-corrected chi connectivity index (χ1v) is 7.30. The van der Waals surface area contributed by atoms with Crippen LogP contribution in [0.2, 0.25) is 0 Å². The molecule has 2 aromatic carbocycles. The number of benzene rings is 2. The third kappa shape index (κ3) is 3.45. The number of aromatic nitrogens is 2. The molecule has 1 aromatic heterocycles. The van der Waals surface area contributed by atoms with Gasteiger partial charge in [-0.25, -0.2) is 4.39 Å². The van der Waals surface area contributed by atoms with Crippen molar-refractivity contribution in [2.24, 2.45) is 0 Å². The zero-order chi connectivity index (χ0) is 16.2. The van der Waals surface area contributed by atoms with Gasteiger partial charge in [0.15, 0.2) is 0 Å². The Bertz CT molecular complexity index is 797. The number of carbonyl (C=O) groups is 1. The second-order valence-corrected chi connectivity index (χ2v) is 5.28. The second kappa shape index (κ2) is 6.44. The summed E-state index contributed by atoms with van der Waals surface area (Å²) in [6.07, 6.45) is 0. The van der Waals surface area contributed by atoms with Gasteiger partial charge in [0, 0.05) is 5.56 Å². The highest BCUT2D eigenvalue weighted by atomic mass is 19.1. The Kier molecular flexibility index (Phi) is 4.19. The Morgan fingerprint density at radius 1 is 1.13 bits per heavy atom. The molecule has 116 valence electrons. The highest BCUT2D eigenvalue weighted by molar-refractivity contribution is 5.93. The van der Waals surface area contributed by atoms with E-state index in [0.29, 0.717) is 11.4 Å². The highest BCUT2D eigenvalue weighted by Gasteiger charge is 2.14. The van der Waals surface area contributed by atoms with Gasteiger partial charge in [0.25, 0.3) is 5.91 Å². The van der Waals surface area contributed by atoms with E-state index in [0.717, 1.165) is 11.1 Å². The zero-order valence-corrected chi connectivity index (χ0v) is 12.6. The lowest BCUT2D eigenvalue weighted by Crippen LogP contribution is -2.26. The number of hydrogen-bond donors (Lipinski definition) is 2. The number of amides is 1. The van der Waals surface area contributed by atoms with Gasteiger partial charge in [-0.1, -0.05) is 30.3 Å². The molecule has 0 radical (unpaired) electrons. The Morgan fingerprint density at radius 3 is 2.52 bits per heavy atom. The number of carbonyl (C=O) groups excluding carboxylic acids is 1. The summed E-state index contributed by atoms with van der Waals surface area (Å²) < 4.78 is 12.9. The molecule has 0 unspecified atom stereocenters. The van der Waals surface area contributed by atoms with E-state index in [2.05, 4.69) is 15.5 Å². The first-order valence-electron chi connectivity index (χ1n) is 7.30. The number of rotatable bonds is 4. The monoisotopic (exact) mass is 309 g/mol. The van der Waals surface area contributed by atoms with E-state index >= 15 is 0 Å². The van der Waals surface area contributed by atoms with Crippen molar-refractivity contribution < 1.29 is 9.18 Å². The predicted molar refractivity (Wildman–Crippen MR) is 86.3 cm³/mol. The first kappa shape index (κ1) is 15.0. The third-order valence-electron chi connectivity index (χ3n) is 3.61. The number of nitrogens with one attached hydrogen (secondary N) is 2. The van der Waals surface area contributed by atoms with Crippen molar-refractivity contribution in [2.75, 3.05) is 0 Å². The SMILES string of the molecule is C[C@@H](NC(=O)c1cc(-c2ccc(F)cc2)n[nH]1)c1ccccc1. The predicted octanol–water partition coefficient (Wildman–Crippen LogP) is 3.71. The Hall–Kier alpha value is -2.95. The molecule has 0 aliphatic rings. The summed E-state index contributed by atoms with van der Waals surface area (Å²) in [6.45, 7) is 1.92. The number of hydrogen-bond acceptors (Lipinski definition) is 2. The zero-order valence-electron chi connectivity index (χ0n) is 12.6. The summed E-state index contributed by atoms with van der Waals surface area (Å²) >= 11 is 0. The molecule has 2 N–H and O–H groups in total. The molecule has 0 aliphatic heterocycles. The third-order valence-corrected chi connectivity index (χ3v) is 3.61. The van der Waals surface area contributed by atoms with Crippen LogP contribution in [0.3, 0.4) is 0 Å². The molecule has 0 saturated heterocycles. The van der Waals surface area contributed by atoms with Crippen LogP contribution in [0.1, 0.15) is 29.0 Å². The first-order chi connectivity index (χ1) is 11.1. The fourth-order valence-electron chi connectivity index (χ4n) is 2.31. The molecule has 4 nitrogen and oxygen atoms in total. The van der Waals surface area contributed by atoms with E-state index in [4.69, 9.17) is 0 Å². The van der Waals surface area contributed by atoms with Crippen LogP contribution in [0.25, 0.3) is 11.3 Å². The van der Waals surface area contributed by atoms with Crippen LogP contribution in [0, 0.1) is 5.82 Å². The number of halogens is 1. The summed E-state index contributed by atoms with van der Waals surface area (Å²) in [5, 5.41) is 9.74. The van der Waals surface area contributed by atoms with Gasteiger partial charge in [0.1, 0.15) is 11.5 Å². The summed E-state index contributed by atoms with van der Waals surface area (Å²) in [5.41, 5.74) is 2.74. The van der Waals surface area contributed by atoms with Crippen molar-refractivity contribution in [3.05, 3.63) is 77.7 Å².